The Bertz CT molecular complexity index is 1770. The van der Waals surface area contributed by atoms with Crippen LogP contribution in [0.25, 0.3) is 10.2 Å². The number of hydrazone groups is 1. The molecule has 4 aromatic rings. The van der Waals surface area contributed by atoms with Crippen molar-refractivity contribution in [3.05, 3.63) is 71.5 Å². The Balaban J connectivity index is 1.51. The molecule has 0 bridgehead atoms. The number of rotatable bonds is 10. The van der Waals surface area contributed by atoms with Gasteiger partial charge < -0.3 is 14.2 Å². The van der Waals surface area contributed by atoms with Crippen LogP contribution in [0.3, 0.4) is 0 Å². The zero-order chi connectivity index (χ0) is 31.4. The molecule has 0 spiro atoms. The van der Waals surface area contributed by atoms with Gasteiger partial charge in [0.1, 0.15) is 5.82 Å². The molecule has 13 heteroatoms. The van der Waals surface area contributed by atoms with Crippen LogP contribution in [0.2, 0.25) is 0 Å². The summed E-state index contributed by atoms with van der Waals surface area (Å²) in [5.74, 6) is 0.219. The van der Waals surface area contributed by atoms with Gasteiger partial charge in [-0.15, -0.1) is 0 Å². The largest absolute Gasteiger partial charge is 0.493 e. The van der Waals surface area contributed by atoms with Crippen LogP contribution in [-0.2, 0) is 10.0 Å². The lowest BCUT2D eigenvalue weighted by molar-refractivity contribution is 0.0987. The fourth-order valence-corrected chi connectivity index (χ4v) is 7.91. The predicted octanol–water partition coefficient (Wildman–Crippen LogP) is 6.10. The van der Waals surface area contributed by atoms with E-state index in [-0.39, 0.29) is 21.6 Å². The van der Waals surface area contributed by atoms with Crippen LogP contribution in [0.4, 0.5) is 9.52 Å². The molecule has 44 heavy (non-hydrogen) atoms. The third kappa shape index (κ3) is 6.26. The number of aromatic nitrogens is 1. The molecule has 0 saturated carbocycles. The second kappa shape index (κ2) is 13.3. The summed E-state index contributed by atoms with van der Waals surface area (Å²) < 4.78 is 59.2. The minimum atomic E-state index is -3.73. The van der Waals surface area contributed by atoms with E-state index in [2.05, 4.69) is 10.1 Å². The molecule has 5 rings (SSSR count). The van der Waals surface area contributed by atoms with Gasteiger partial charge in [-0.25, -0.2) is 17.8 Å². The molecular formula is C31H33FN4O6S2. The van der Waals surface area contributed by atoms with Crippen molar-refractivity contribution in [1.82, 2.24) is 9.29 Å². The number of methoxy groups -OCH3 is 3. The Morgan fingerprint density at radius 1 is 1.07 bits per heavy atom. The molecule has 1 aromatic heterocycles. The average molecular weight is 641 g/mol. The van der Waals surface area contributed by atoms with Crippen LogP contribution in [-0.4, -0.2) is 63.7 Å². The van der Waals surface area contributed by atoms with Gasteiger partial charge in [-0.3, -0.25) is 4.79 Å². The highest BCUT2D eigenvalue weighted by Crippen LogP contribution is 2.38. The van der Waals surface area contributed by atoms with Gasteiger partial charge in [0.05, 0.1) is 42.7 Å². The van der Waals surface area contributed by atoms with Crippen molar-refractivity contribution in [2.45, 2.75) is 43.5 Å². The highest BCUT2D eigenvalue weighted by Gasteiger charge is 2.33. The summed E-state index contributed by atoms with van der Waals surface area (Å²) >= 11 is 1.10. The maximum absolute atomic E-state index is 13.9. The summed E-state index contributed by atoms with van der Waals surface area (Å²) in [5.41, 5.74) is 1.24. The topological polar surface area (TPSA) is 111 Å². The molecular weight excluding hydrogens is 607 g/mol. The Labute approximate surface area is 259 Å². The summed E-state index contributed by atoms with van der Waals surface area (Å²) in [4.78, 5) is 18.5. The van der Waals surface area contributed by atoms with Crippen LogP contribution in [0.15, 0.2) is 64.6 Å². The van der Waals surface area contributed by atoms with Gasteiger partial charge >= 0.3 is 0 Å². The fraction of sp³-hybridized carbons (Fsp3) is 0.323. The van der Waals surface area contributed by atoms with Crippen molar-refractivity contribution in [3.8, 4) is 17.2 Å². The van der Waals surface area contributed by atoms with Crippen molar-refractivity contribution >= 4 is 48.8 Å². The second-order valence-electron chi connectivity index (χ2n) is 10.1. The number of ether oxygens (including phenoxy) is 3. The number of hydrogen-bond donors (Lipinski definition) is 0. The number of benzene rings is 3. The highest BCUT2D eigenvalue weighted by atomic mass is 32.2. The van der Waals surface area contributed by atoms with Crippen molar-refractivity contribution in [3.63, 3.8) is 0 Å². The average Bonchev–Trinajstić information content (AvgIpc) is 3.46. The van der Waals surface area contributed by atoms with Crippen molar-refractivity contribution in [1.29, 1.82) is 0 Å². The number of halogens is 1. The summed E-state index contributed by atoms with van der Waals surface area (Å²) in [5, 5.41) is 5.77. The zero-order valence-electron chi connectivity index (χ0n) is 24.8. The molecule has 1 saturated heterocycles. The number of nitrogens with zero attached hydrogens (tertiary/aromatic N) is 4. The van der Waals surface area contributed by atoms with Gasteiger partial charge in [-0.1, -0.05) is 24.7 Å². The van der Waals surface area contributed by atoms with E-state index >= 15 is 0 Å². The van der Waals surface area contributed by atoms with Gasteiger partial charge in [0.15, 0.2) is 11.5 Å². The monoisotopic (exact) mass is 640 g/mol. The number of fused-ring (bicyclic) bond motifs is 1. The molecule has 1 atom stereocenters. The van der Waals surface area contributed by atoms with Crippen LogP contribution in [0.5, 0.6) is 17.2 Å². The molecule has 1 aliphatic heterocycles. The maximum Gasteiger partial charge on any atom is 0.280 e. The standard InChI is InChI=1S/C31H33FN4O6S2/c1-5-23-8-6-7-15-35(23)44(38,39)24-12-9-21(10-13-24)30(37)36(31-34-25-14-11-22(32)18-28(25)43-31)33-19-20-16-26(40-2)29(42-4)27(17-20)41-3/h9-14,16-19,23H,5-8,15H2,1-4H3/b33-19+. The van der Waals surface area contributed by atoms with Gasteiger partial charge in [-0.05, 0) is 73.9 Å². The van der Waals surface area contributed by atoms with Crippen molar-refractivity contribution < 1.29 is 31.8 Å². The van der Waals surface area contributed by atoms with E-state index in [0.29, 0.717) is 39.6 Å². The van der Waals surface area contributed by atoms with E-state index in [1.54, 1.807) is 16.4 Å². The number of piperidine rings is 1. The first kappa shape index (κ1) is 31.4. The Morgan fingerprint density at radius 3 is 2.41 bits per heavy atom. The van der Waals surface area contributed by atoms with Gasteiger partial charge in [0, 0.05) is 23.7 Å². The summed E-state index contributed by atoms with van der Waals surface area (Å²) in [6.07, 6.45) is 4.83. The minimum Gasteiger partial charge on any atom is -0.493 e. The normalized spacial score (nSPS) is 15.9. The van der Waals surface area contributed by atoms with Crippen molar-refractivity contribution in [2.24, 2.45) is 5.10 Å². The first-order valence-electron chi connectivity index (χ1n) is 14.1. The molecule has 2 heterocycles. The van der Waals surface area contributed by atoms with Crippen molar-refractivity contribution in [2.75, 3.05) is 32.9 Å². The van der Waals surface area contributed by atoms with Gasteiger partial charge in [-0.2, -0.15) is 14.4 Å². The van der Waals surface area contributed by atoms with Crippen LogP contribution in [0.1, 0.15) is 48.5 Å². The molecule has 1 unspecified atom stereocenters. The molecule has 0 radical (unpaired) electrons. The zero-order valence-corrected chi connectivity index (χ0v) is 26.5. The van der Waals surface area contributed by atoms with E-state index in [4.69, 9.17) is 14.2 Å². The van der Waals surface area contributed by atoms with Crippen LogP contribution < -0.4 is 19.2 Å². The number of hydrogen-bond acceptors (Lipinski definition) is 9. The number of carbonyl (C=O) groups excluding carboxylic acids is 1. The summed E-state index contributed by atoms with van der Waals surface area (Å²) in [7, 11) is 0.754. The van der Waals surface area contributed by atoms with Gasteiger partial charge in [0.2, 0.25) is 20.9 Å². The molecule has 1 amide bonds. The number of amides is 1. The SMILES string of the molecule is CCC1CCCCN1S(=O)(=O)c1ccc(C(=O)N(/N=C/c2cc(OC)c(OC)c(OC)c2)c2nc3ccc(F)cc3s2)cc1. The van der Waals surface area contributed by atoms with E-state index in [0.717, 1.165) is 42.0 Å². The Kier molecular flexibility index (Phi) is 9.47. The molecule has 232 valence electrons. The first-order valence-corrected chi connectivity index (χ1v) is 16.3. The fourth-order valence-electron chi connectivity index (χ4n) is 5.19. The molecule has 1 fully saturated rings. The van der Waals surface area contributed by atoms with Gasteiger partial charge in [0.25, 0.3) is 5.91 Å². The number of sulfonamides is 1. The third-order valence-electron chi connectivity index (χ3n) is 7.47. The molecule has 1 aliphatic rings. The van der Waals surface area contributed by atoms with E-state index in [1.807, 2.05) is 6.92 Å². The molecule has 0 N–H and O–H groups in total. The van der Waals surface area contributed by atoms with E-state index in [1.165, 1.54) is 70.0 Å². The Morgan fingerprint density at radius 2 is 1.77 bits per heavy atom. The lowest BCUT2D eigenvalue weighted by Crippen LogP contribution is -2.43. The maximum atomic E-state index is 13.9. The summed E-state index contributed by atoms with van der Waals surface area (Å²) in [6.45, 7) is 2.47. The minimum absolute atomic E-state index is 0.0426. The Hall–Kier alpha value is -4.07. The first-order chi connectivity index (χ1) is 21.2. The van der Waals surface area contributed by atoms with Crippen LogP contribution in [0, 0.1) is 5.82 Å². The molecule has 3 aromatic carbocycles. The number of carbonyl (C=O) groups is 1. The number of thiazole rings is 1. The van der Waals surface area contributed by atoms with Crippen LogP contribution >= 0.6 is 11.3 Å². The molecule has 10 nitrogen and oxygen atoms in total. The second-order valence-corrected chi connectivity index (χ2v) is 13.0. The quantitative estimate of drug-likeness (QED) is 0.152. The van der Waals surface area contributed by atoms with E-state index in [9.17, 15) is 17.6 Å². The summed E-state index contributed by atoms with van der Waals surface area (Å²) in [6, 6.07) is 13.3. The smallest absolute Gasteiger partial charge is 0.280 e. The molecule has 0 aliphatic carbocycles. The lowest BCUT2D eigenvalue weighted by atomic mass is 10.0. The lowest BCUT2D eigenvalue weighted by Gasteiger charge is -2.34. The van der Waals surface area contributed by atoms with E-state index < -0.39 is 21.7 Å². The third-order valence-corrected chi connectivity index (χ3v) is 10.4. The highest BCUT2D eigenvalue weighted by molar-refractivity contribution is 7.89. The predicted molar refractivity (Wildman–Crippen MR) is 168 cm³/mol. The number of anilines is 1.